The molecule has 61 heavy (non-hydrogen) atoms. The molecule has 0 aliphatic heterocycles. The van der Waals surface area contributed by atoms with Gasteiger partial charge in [0.1, 0.15) is 0 Å². The van der Waals surface area contributed by atoms with Gasteiger partial charge in [0.25, 0.3) is 0 Å². The molecular weight excluding hydrogens is 735 g/mol. The van der Waals surface area contributed by atoms with Crippen LogP contribution in [-0.2, 0) is 10.8 Å². The molecule has 11 rings (SSSR count). The van der Waals surface area contributed by atoms with E-state index in [4.69, 9.17) is 0 Å². The van der Waals surface area contributed by atoms with Crippen molar-refractivity contribution < 1.29 is 0 Å². The zero-order valence-electron chi connectivity index (χ0n) is 35.2. The van der Waals surface area contributed by atoms with Crippen LogP contribution in [0.25, 0.3) is 66.8 Å². The minimum Gasteiger partial charge on any atom is -0.310 e. The van der Waals surface area contributed by atoms with Crippen molar-refractivity contribution in [2.24, 2.45) is 0 Å². The number of fused-ring (bicyclic) bond motifs is 6. The zero-order valence-corrected chi connectivity index (χ0v) is 35.2. The normalized spacial score (nSPS) is 13.8. The zero-order chi connectivity index (χ0) is 41.3. The van der Waals surface area contributed by atoms with Gasteiger partial charge in [-0.3, -0.25) is 0 Å². The molecule has 0 fully saturated rings. The van der Waals surface area contributed by atoms with E-state index in [1.807, 2.05) is 0 Å². The minimum atomic E-state index is -0.0973. The fourth-order valence-corrected chi connectivity index (χ4v) is 10.5. The average molecular weight is 782 g/mol. The first-order chi connectivity index (χ1) is 29.8. The molecule has 1 nitrogen and oxygen atoms in total. The highest BCUT2D eigenvalue weighted by Crippen LogP contribution is 2.55. The predicted octanol–water partition coefficient (Wildman–Crippen LogP) is 16.4. The largest absolute Gasteiger partial charge is 0.310 e. The smallest absolute Gasteiger partial charge is 0.0546 e. The molecular formula is C60H47N. The van der Waals surface area contributed by atoms with Gasteiger partial charge in [-0.15, -0.1) is 0 Å². The lowest BCUT2D eigenvalue weighted by atomic mass is 9.82. The fourth-order valence-electron chi connectivity index (χ4n) is 10.5. The lowest BCUT2D eigenvalue weighted by Gasteiger charge is -2.31. The molecule has 292 valence electrons. The van der Waals surface area contributed by atoms with Crippen molar-refractivity contribution >= 4 is 17.1 Å². The first-order valence-corrected chi connectivity index (χ1v) is 21.5. The van der Waals surface area contributed by atoms with E-state index in [2.05, 4.69) is 245 Å². The highest BCUT2D eigenvalue weighted by Gasteiger charge is 2.38. The fraction of sp³-hybridized carbons (Fsp3) is 0.100. The topological polar surface area (TPSA) is 3.24 Å². The average Bonchev–Trinajstić information content (AvgIpc) is 3.69. The highest BCUT2D eigenvalue weighted by atomic mass is 15.1. The summed E-state index contributed by atoms with van der Waals surface area (Å²) in [5.74, 6) is 0. The molecule has 0 atom stereocenters. The number of hydrogen-bond donors (Lipinski definition) is 0. The summed E-state index contributed by atoms with van der Waals surface area (Å²) >= 11 is 0. The van der Waals surface area contributed by atoms with Crippen molar-refractivity contribution in [3.63, 3.8) is 0 Å². The van der Waals surface area contributed by atoms with Gasteiger partial charge in [0.2, 0.25) is 0 Å². The number of anilines is 3. The van der Waals surface area contributed by atoms with Crippen molar-refractivity contribution in [2.75, 3.05) is 4.90 Å². The molecule has 0 aromatic heterocycles. The van der Waals surface area contributed by atoms with Crippen LogP contribution in [0.15, 0.2) is 212 Å². The van der Waals surface area contributed by atoms with E-state index in [1.165, 1.54) is 89.0 Å². The Hall–Kier alpha value is -7.22. The maximum Gasteiger partial charge on any atom is 0.0546 e. The number of nitrogens with zero attached hydrogens (tertiary/aromatic N) is 1. The van der Waals surface area contributed by atoms with Crippen LogP contribution in [0.1, 0.15) is 49.9 Å². The van der Waals surface area contributed by atoms with E-state index < -0.39 is 0 Å². The van der Waals surface area contributed by atoms with E-state index in [0.717, 1.165) is 17.1 Å². The van der Waals surface area contributed by atoms with Crippen LogP contribution in [0.3, 0.4) is 0 Å². The van der Waals surface area contributed by atoms with Gasteiger partial charge in [-0.2, -0.15) is 0 Å². The van der Waals surface area contributed by atoms with Gasteiger partial charge in [-0.1, -0.05) is 210 Å². The molecule has 0 unspecified atom stereocenters. The second kappa shape index (κ2) is 14.2. The van der Waals surface area contributed by atoms with Crippen LogP contribution in [-0.4, -0.2) is 0 Å². The Balaban J connectivity index is 1.20. The lowest BCUT2D eigenvalue weighted by molar-refractivity contribution is 0.660. The van der Waals surface area contributed by atoms with Gasteiger partial charge in [-0.05, 0) is 114 Å². The molecule has 9 aromatic rings. The van der Waals surface area contributed by atoms with Crippen LogP contribution in [0.5, 0.6) is 0 Å². The van der Waals surface area contributed by atoms with Crippen LogP contribution in [0.2, 0.25) is 0 Å². The van der Waals surface area contributed by atoms with E-state index >= 15 is 0 Å². The summed E-state index contributed by atoms with van der Waals surface area (Å²) in [4.78, 5) is 2.52. The van der Waals surface area contributed by atoms with Crippen molar-refractivity contribution in [3.8, 4) is 66.8 Å². The Labute approximate surface area is 360 Å². The molecule has 0 spiro atoms. The standard InChI is InChI=1S/C60H47N/c1-59(2)52-32-15-13-27-48(52)51-39-44(36-37-54(51)59)61(43-25-17-24-42(38-43)47-30-18-34-55-57(47)50-29-14-16-33-53(50)60(55,3)4)56-35-19-31-46(41-22-9-6-10-23-41)58(56)49-28-12-11-26-45(49)40-20-7-5-8-21-40/h5-39H,1-4H3. The first kappa shape index (κ1) is 36.8. The van der Waals surface area contributed by atoms with Crippen molar-refractivity contribution in [2.45, 2.75) is 38.5 Å². The maximum absolute atomic E-state index is 2.52. The number of rotatable bonds is 7. The van der Waals surface area contributed by atoms with Crippen LogP contribution in [0.4, 0.5) is 17.1 Å². The van der Waals surface area contributed by atoms with E-state index in [9.17, 15) is 0 Å². The molecule has 0 saturated carbocycles. The Morgan fingerprint density at radius 1 is 0.279 bits per heavy atom. The van der Waals surface area contributed by atoms with Crippen molar-refractivity contribution in [1.82, 2.24) is 0 Å². The van der Waals surface area contributed by atoms with Gasteiger partial charge in [-0.25, -0.2) is 0 Å². The third-order valence-electron chi connectivity index (χ3n) is 13.5. The van der Waals surface area contributed by atoms with E-state index in [-0.39, 0.29) is 10.8 Å². The lowest BCUT2D eigenvalue weighted by Crippen LogP contribution is -2.15. The van der Waals surface area contributed by atoms with E-state index in [1.54, 1.807) is 0 Å². The molecule has 0 heterocycles. The third-order valence-corrected chi connectivity index (χ3v) is 13.5. The van der Waals surface area contributed by atoms with Gasteiger partial charge >= 0.3 is 0 Å². The van der Waals surface area contributed by atoms with Crippen molar-refractivity contribution in [3.05, 3.63) is 235 Å². The minimum absolute atomic E-state index is 0.0843. The summed E-state index contributed by atoms with van der Waals surface area (Å²) in [5.41, 5.74) is 23.6. The monoisotopic (exact) mass is 781 g/mol. The second-order valence-corrected chi connectivity index (χ2v) is 17.7. The number of benzene rings is 9. The molecule has 2 aliphatic rings. The summed E-state index contributed by atoms with van der Waals surface area (Å²) in [6, 6.07) is 78.7. The third kappa shape index (κ3) is 5.83. The molecule has 9 aromatic carbocycles. The van der Waals surface area contributed by atoms with Gasteiger partial charge < -0.3 is 4.90 Å². The number of hydrogen-bond acceptors (Lipinski definition) is 1. The summed E-state index contributed by atoms with van der Waals surface area (Å²) in [6.07, 6.45) is 0. The molecule has 0 N–H and O–H groups in total. The Morgan fingerprint density at radius 2 is 0.738 bits per heavy atom. The molecule has 0 radical (unpaired) electrons. The Morgan fingerprint density at radius 3 is 1.46 bits per heavy atom. The SMILES string of the molecule is CC1(C)c2ccccc2-c2cc(N(c3cccc(-c4cccc5c4-c4ccccc4C5(C)C)c3)c3cccc(-c4ccccc4)c3-c3ccccc3-c3ccccc3)ccc21. The summed E-state index contributed by atoms with van der Waals surface area (Å²) in [5, 5.41) is 0. The molecule has 0 amide bonds. The van der Waals surface area contributed by atoms with Gasteiger partial charge in [0.05, 0.1) is 5.69 Å². The summed E-state index contributed by atoms with van der Waals surface area (Å²) < 4.78 is 0. The van der Waals surface area contributed by atoms with Gasteiger partial charge in [0, 0.05) is 27.8 Å². The van der Waals surface area contributed by atoms with Crippen LogP contribution >= 0.6 is 0 Å². The van der Waals surface area contributed by atoms with Crippen molar-refractivity contribution in [1.29, 1.82) is 0 Å². The quantitative estimate of drug-likeness (QED) is 0.156. The first-order valence-electron chi connectivity index (χ1n) is 21.5. The highest BCUT2D eigenvalue weighted by molar-refractivity contribution is 6.02. The molecule has 2 aliphatic carbocycles. The van der Waals surface area contributed by atoms with Crippen LogP contribution < -0.4 is 4.90 Å². The van der Waals surface area contributed by atoms with Gasteiger partial charge in [0.15, 0.2) is 0 Å². The Kier molecular flexibility index (Phi) is 8.58. The van der Waals surface area contributed by atoms with Crippen LogP contribution in [0, 0.1) is 0 Å². The Bertz CT molecular complexity index is 3130. The maximum atomic E-state index is 2.52. The predicted molar refractivity (Wildman–Crippen MR) is 258 cm³/mol. The molecule has 0 saturated heterocycles. The van der Waals surface area contributed by atoms with E-state index in [0.29, 0.717) is 0 Å². The summed E-state index contributed by atoms with van der Waals surface area (Å²) in [6.45, 7) is 9.44. The molecule has 1 heteroatoms. The second-order valence-electron chi connectivity index (χ2n) is 17.7. The summed E-state index contributed by atoms with van der Waals surface area (Å²) in [7, 11) is 0. The molecule has 0 bridgehead atoms.